The van der Waals surface area contributed by atoms with Crippen molar-refractivity contribution in [1.29, 1.82) is 0 Å². The van der Waals surface area contributed by atoms with E-state index in [1.807, 2.05) is 13.8 Å². The number of rotatable bonds is 6. The first-order valence-electron chi connectivity index (χ1n) is 9.81. The van der Waals surface area contributed by atoms with Crippen molar-refractivity contribution in [3.8, 4) is 0 Å². The molecule has 0 radical (unpaired) electrons. The summed E-state index contributed by atoms with van der Waals surface area (Å²) in [6.45, 7) is 8.53. The van der Waals surface area contributed by atoms with Gasteiger partial charge in [0, 0.05) is 6.54 Å². The van der Waals surface area contributed by atoms with E-state index in [1.54, 1.807) is 4.68 Å². The van der Waals surface area contributed by atoms with Gasteiger partial charge in [-0.05, 0) is 44.8 Å². The summed E-state index contributed by atoms with van der Waals surface area (Å²) in [6, 6.07) is 0.0150. The highest BCUT2D eigenvalue weighted by atomic mass is 16.2. The van der Waals surface area contributed by atoms with Crippen LogP contribution < -0.4 is 10.6 Å². The zero-order valence-electron chi connectivity index (χ0n) is 15.8. The second-order valence-corrected chi connectivity index (χ2v) is 7.66. The van der Waals surface area contributed by atoms with Crippen molar-refractivity contribution >= 4 is 11.8 Å². The highest BCUT2D eigenvalue weighted by Gasteiger charge is 2.32. The molecule has 8 heteroatoms. The molecule has 2 aliphatic heterocycles. The van der Waals surface area contributed by atoms with Gasteiger partial charge in [-0.15, -0.1) is 5.10 Å². The molecule has 2 aliphatic rings. The van der Waals surface area contributed by atoms with E-state index >= 15 is 0 Å². The molecule has 3 rings (SSSR count). The first-order chi connectivity index (χ1) is 12.6. The summed E-state index contributed by atoms with van der Waals surface area (Å²) in [5.41, 5.74) is 0.395. The minimum atomic E-state index is -0.319. The zero-order valence-corrected chi connectivity index (χ0v) is 15.8. The fourth-order valence-corrected chi connectivity index (χ4v) is 3.61. The summed E-state index contributed by atoms with van der Waals surface area (Å²) in [4.78, 5) is 27.3. The lowest BCUT2D eigenvalue weighted by Crippen LogP contribution is -2.48. The van der Waals surface area contributed by atoms with Gasteiger partial charge in [0.25, 0.3) is 11.8 Å². The van der Waals surface area contributed by atoms with E-state index in [2.05, 4.69) is 25.8 Å². The molecule has 2 amide bonds. The lowest BCUT2D eigenvalue weighted by molar-refractivity contribution is 0.0861. The Hall–Kier alpha value is -1.96. The number of aromatic nitrogens is 3. The Morgan fingerprint density at radius 3 is 2.69 bits per heavy atom. The molecule has 1 atom stereocenters. The van der Waals surface area contributed by atoms with Crippen molar-refractivity contribution in [3.05, 3.63) is 11.4 Å². The topological polar surface area (TPSA) is 92.2 Å². The molecule has 0 saturated carbocycles. The number of likely N-dealkylation sites (tertiary alicyclic amines) is 1. The molecule has 0 aliphatic carbocycles. The largest absolute Gasteiger partial charge is 0.351 e. The molecule has 0 bridgehead atoms. The number of amides is 2. The third kappa shape index (κ3) is 4.41. The van der Waals surface area contributed by atoms with E-state index in [0.29, 0.717) is 19.0 Å². The van der Waals surface area contributed by atoms with Crippen LogP contribution in [0.4, 0.5) is 0 Å². The minimum Gasteiger partial charge on any atom is -0.351 e. The SMILES string of the molecule is CC(C)[C@H]1Cn2nnc(C(=O)NCCCN3CCCCCC3)c2C(=O)N1. The third-order valence-corrected chi connectivity index (χ3v) is 5.29. The summed E-state index contributed by atoms with van der Waals surface area (Å²) in [5, 5.41) is 13.8. The predicted octanol–water partition coefficient (Wildman–Crippen LogP) is 1.04. The van der Waals surface area contributed by atoms with Gasteiger partial charge >= 0.3 is 0 Å². The van der Waals surface area contributed by atoms with Crippen LogP contribution in [0.1, 0.15) is 66.9 Å². The Morgan fingerprint density at radius 2 is 2.00 bits per heavy atom. The van der Waals surface area contributed by atoms with Crippen LogP contribution in [-0.4, -0.2) is 63.9 Å². The molecule has 8 nitrogen and oxygen atoms in total. The molecule has 1 fully saturated rings. The maximum Gasteiger partial charge on any atom is 0.274 e. The molecule has 26 heavy (non-hydrogen) atoms. The van der Waals surface area contributed by atoms with Crippen LogP contribution in [0.3, 0.4) is 0 Å². The predicted molar refractivity (Wildman–Crippen MR) is 98.0 cm³/mol. The second-order valence-electron chi connectivity index (χ2n) is 7.66. The van der Waals surface area contributed by atoms with Crippen molar-refractivity contribution in [2.45, 2.75) is 58.5 Å². The number of nitrogens with zero attached hydrogens (tertiary/aromatic N) is 4. The fraction of sp³-hybridized carbons (Fsp3) is 0.778. The number of nitrogens with one attached hydrogen (secondary N) is 2. The first kappa shape index (κ1) is 18.8. The Bertz CT molecular complexity index is 634. The third-order valence-electron chi connectivity index (χ3n) is 5.29. The van der Waals surface area contributed by atoms with Gasteiger partial charge in [0.2, 0.25) is 0 Å². The van der Waals surface area contributed by atoms with Gasteiger partial charge in [-0.3, -0.25) is 9.59 Å². The van der Waals surface area contributed by atoms with Crippen LogP contribution in [-0.2, 0) is 6.54 Å². The van der Waals surface area contributed by atoms with Gasteiger partial charge in [0.1, 0.15) is 0 Å². The van der Waals surface area contributed by atoms with E-state index in [1.165, 1.54) is 25.7 Å². The molecular formula is C18H30N6O2. The Morgan fingerprint density at radius 1 is 1.27 bits per heavy atom. The van der Waals surface area contributed by atoms with Crippen LogP contribution in [0.2, 0.25) is 0 Å². The summed E-state index contributed by atoms with van der Waals surface area (Å²) >= 11 is 0. The molecule has 1 aromatic rings. The average Bonchev–Trinajstić information content (AvgIpc) is 2.88. The van der Waals surface area contributed by atoms with Crippen LogP contribution in [0.25, 0.3) is 0 Å². The number of hydrogen-bond acceptors (Lipinski definition) is 5. The van der Waals surface area contributed by atoms with E-state index in [4.69, 9.17) is 0 Å². The molecule has 0 spiro atoms. The van der Waals surface area contributed by atoms with Gasteiger partial charge in [-0.25, -0.2) is 4.68 Å². The lowest BCUT2D eigenvalue weighted by Gasteiger charge is -2.27. The summed E-state index contributed by atoms with van der Waals surface area (Å²) < 4.78 is 1.55. The van der Waals surface area contributed by atoms with E-state index in [-0.39, 0.29) is 29.2 Å². The first-order valence-corrected chi connectivity index (χ1v) is 9.81. The van der Waals surface area contributed by atoms with Crippen LogP contribution >= 0.6 is 0 Å². The smallest absolute Gasteiger partial charge is 0.274 e. The van der Waals surface area contributed by atoms with E-state index in [9.17, 15) is 9.59 Å². The maximum atomic E-state index is 12.4. The Labute approximate surface area is 154 Å². The Balaban J connectivity index is 1.51. The molecule has 0 aromatic carbocycles. The average molecular weight is 362 g/mol. The lowest BCUT2D eigenvalue weighted by atomic mass is 10.0. The van der Waals surface area contributed by atoms with E-state index in [0.717, 1.165) is 26.1 Å². The van der Waals surface area contributed by atoms with E-state index < -0.39 is 0 Å². The maximum absolute atomic E-state index is 12.4. The van der Waals surface area contributed by atoms with Crippen LogP contribution in [0.5, 0.6) is 0 Å². The second kappa shape index (κ2) is 8.62. The van der Waals surface area contributed by atoms with Gasteiger partial charge < -0.3 is 15.5 Å². The molecular weight excluding hydrogens is 332 g/mol. The minimum absolute atomic E-state index is 0.0150. The monoisotopic (exact) mass is 362 g/mol. The highest BCUT2D eigenvalue weighted by Crippen LogP contribution is 2.16. The summed E-state index contributed by atoms with van der Waals surface area (Å²) in [5.74, 6) is -0.289. The quantitative estimate of drug-likeness (QED) is 0.738. The Kier molecular flexibility index (Phi) is 6.24. The molecule has 3 heterocycles. The molecule has 0 unspecified atom stereocenters. The molecule has 1 saturated heterocycles. The van der Waals surface area contributed by atoms with Crippen LogP contribution in [0.15, 0.2) is 0 Å². The fourth-order valence-electron chi connectivity index (χ4n) is 3.61. The standard InChI is InChI=1S/C18H30N6O2/c1-13(2)14-12-24-16(18(26)20-14)15(21-22-24)17(25)19-8-7-11-23-9-5-3-4-6-10-23/h13-14H,3-12H2,1-2H3,(H,19,25)(H,20,26)/t14-/m1/s1. The van der Waals surface area contributed by atoms with Crippen LogP contribution in [0, 0.1) is 5.92 Å². The number of fused-ring (bicyclic) bond motifs is 1. The highest BCUT2D eigenvalue weighted by molar-refractivity contribution is 6.05. The molecule has 2 N–H and O–H groups in total. The zero-order chi connectivity index (χ0) is 18.5. The normalized spacial score (nSPS) is 21.2. The molecule has 144 valence electrons. The number of carbonyl (C=O) groups excluding carboxylic acids is 2. The van der Waals surface area contributed by atoms with Crippen molar-refractivity contribution in [2.24, 2.45) is 5.92 Å². The van der Waals surface area contributed by atoms with Crippen molar-refractivity contribution in [3.63, 3.8) is 0 Å². The summed E-state index contributed by atoms with van der Waals surface area (Å²) in [6.07, 6.45) is 6.09. The van der Waals surface area contributed by atoms with Gasteiger partial charge in [0.15, 0.2) is 11.4 Å². The van der Waals surface area contributed by atoms with Crippen molar-refractivity contribution in [1.82, 2.24) is 30.5 Å². The van der Waals surface area contributed by atoms with Gasteiger partial charge in [0.05, 0.1) is 12.6 Å². The molecule has 1 aromatic heterocycles. The number of hydrogen-bond donors (Lipinski definition) is 2. The van der Waals surface area contributed by atoms with Crippen molar-refractivity contribution < 1.29 is 9.59 Å². The summed E-state index contributed by atoms with van der Waals surface area (Å²) in [7, 11) is 0. The van der Waals surface area contributed by atoms with Gasteiger partial charge in [-0.2, -0.15) is 0 Å². The number of carbonyl (C=O) groups is 2. The van der Waals surface area contributed by atoms with Gasteiger partial charge in [-0.1, -0.05) is 31.9 Å². The van der Waals surface area contributed by atoms with Crippen molar-refractivity contribution in [2.75, 3.05) is 26.2 Å².